The number of amides is 2. The highest BCUT2D eigenvalue weighted by Crippen LogP contribution is 2.30. The lowest BCUT2D eigenvalue weighted by atomic mass is 10.1. The fourth-order valence-electron chi connectivity index (χ4n) is 3.12. The van der Waals surface area contributed by atoms with Crippen molar-refractivity contribution in [3.63, 3.8) is 0 Å². The van der Waals surface area contributed by atoms with Gasteiger partial charge in [-0.2, -0.15) is 0 Å². The molecule has 0 bridgehead atoms. The van der Waals surface area contributed by atoms with E-state index in [2.05, 4.69) is 15.6 Å². The van der Waals surface area contributed by atoms with Crippen LogP contribution in [0.5, 0.6) is 5.75 Å². The number of hydrogen-bond donors (Lipinski definition) is 2. The van der Waals surface area contributed by atoms with Crippen LogP contribution >= 0.6 is 23.1 Å². The molecule has 8 heteroatoms. The lowest BCUT2D eigenvalue weighted by Gasteiger charge is -2.08. The number of aromatic nitrogens is 1. The molecule has 6 nitrogen and oxygen atoms in total. The van der Waals surface area contributed by atoms with Crippen LogP contribution in [0, 0.1) is 6.92 Å². The Kier molecular flexibility index (Phi) is 7.95. The number of carbonyl (C=O) groups excluding carboxylic acids is 2. The van der Waals surface area contributed by atoms with Gasteiger partial charge < -0.3 is 15.4 Å². The van der Waals surface area contributed by atoms with Crippen molar-refractivity contribution in [1.29, 1.82) is 0 Å². The van der Waals surface area contributed by atoms with Crippen LogP contribution in [0.4, 0.5) is 10.8 Å². The number of ether oxygens (including phenoxy) is 1. The van der Waals surface area contributed by atoms with E-state index in [0.717, 1.165) is 21.0 Å². The van der Waals surface area contributed by atoms with Gasteiger partial charge in [0.25, 0.3) is 5.91 Å². The lowest BCUT2D eigenvalue weighted by molar-refractivity contribution is -0.118. The zero-order valence-electron chi connectivity index (χ0n) is 18.5. The molecule has 0 atom stereocenters. The zero-order valence-corrected chi connectivity index (χ0v) is 20.1. The van der Waals surface area contributed by atoms with Gasteiger partial charge in [0, 0.05) is 21.0 Å². The van der Waals surface area contributed by atoms with Gasteiger partial charge in [-0.15, -0.1) is 23.1 Å². The third-order valence-corrected chi connectivity index (χ3v) is 6.61. The van der Waals surface area contributed by atoms with E-state index in [1.54, 1.807) is 24.3 Å². The zero-order chi connectivity index (χ0) is 23.8. The molecule has 3 aromatic carbocycles. The number of hydrogen-bond acceptors (Lipinski definition) is 6. The first-order chi connectivity index (χ1) is 16.6. The Morgan fingerprint density at radius 1 is 0.882 bits per heavy atom. The Balaban J connectivity index is 1.23. The summed E-state index contributed by atoms with van der Waals surface area (Å²) in [5.74, 6) is 0.550. The Morgan fingerprint density at radius 3 is 2.26 bits per heavy atom. The number of nitrogens with zero attached hydrogens (tertiary/aromatic N) is 1. The topological polar surface area (TPSA) is 80.3 Å². The van der Waals surface area contributed by atoms with Crippen LogP contribution < -0.4 is 15.4 Å². The molecule has 4 rings (SSSR count). The summed E-state index contributed by atoms with van der Waals surface area (Å²) in [5, 5.41) is 6.28. The summed E-state index contributed by atoms with van der Waals surface area (Å²) in [7, 11) is 0. The van der Waals surface area contributed by atoms with Gasteiger partial charge in [0.05, 0.1) is 11.4 Å². The molecule has 172 valence electrons. The molecule has 0 aliphatic carbocycles. The van der Waals surface area contributed by atoms with E-state index in [-0.39, 0.29) is 24.2 Å². The normalized spacial score (nSPS) is 10.5. The number of rotatable bonds is 9. The Labute approximate surface area is 206 Å². The molecule has 1 heterocycles. The van der Waals surface area contributed by atoms with Gasteiger partial charge in [-0.1, -0.05) is 48.5 Å². The van der Waals surface area contributed by atoms with Gasteiger partial charge in [-0.25, -0.2) is 4.98 Å². The first-order valence-corrected chi connectivity index (χ1v) is 12.4. The minimum atomic E-state index is -0.239. The SMILES string of the molecule is Cc1sc(NC(=O)CSc2ccc(NC(=O)COc3ccccc3)cc2)nc1-c1ccccc1. The van der Waals surface area contributed by atoms with Crippen LogP contribution in [0.15, 0.2) is 89.8 Å². The van der Waals surface area contributed by atoms with E-state index < -0.39 is 0 Å². The van der Waals surface area contributed by atoms with Gasteiger partial charge in [0.2, 0.25) is 5.91 Å². The second-order valence-electron chi connectivity index (χ2n) is 7.30. The highest BCUT2D eigenvalue weighted by atomic mass is 32.2. The van der Waals surface area contributed by atoms with Gasteiger partial charge in [-0.3, -0.25) is 9.59 Å². The highest BCUT2D eigenvalue weighted by Gasteiger charge is 2.12. The molecule has 0 spiro atoms. The van der Waals surface area contributed by atoms with Crippen LogP contribution in [0.25, 0.3) is 11.3 Å². The molecule has 4 aromatic rings. The number of aryl methyl sites for hydroxylation is 1. The molecule has 34 heavy (non-hydrogen) atoms. The van der Waals surface area contributed by atoms with Crippen molar-refractivity contribution < 1.29 is 14.3 Å². The average molecular weight is 490 g/mol. The molecule has 2 amide bonds. The summed E-state index contributed by atoms with van der Waals surface area (Å²) in [4.78, 5) is 31.0. The summed E-state index contributed by atoms with van der Waals surface area (Å²) < 4.78 is 5.45. The second kappa shape index (κ2) is 11.5. The molecule has 0 radical (unpaired) electrons. The number of anilines is 2. The predicted octanol–water partition coefficient (Wildman–Crippen LogP) is 5.87. The van der Waals surface area contributed by atoms with Crippen LogP contribution in [0.1, 0.15) is 4.88 Å². The van der Waals surface area contributed by atoms with Gasteiger partial charge in [-0.05, 0) is 43.3 Å². The van der Waals surface area contributed by atoms with Crippen molar-refractivity contribution in [3.8, 4) is 17.0 Å². The summed E-state index contributed by atoms with van der Waals surface area (Å²) in [6.45, 7) is 1.93. The van der Waals surface area contributed by atoms with E-state index in [0.29, 0.717) is 16.6 Å². The average Bonchev–Trinajstić information content (AvgIpc) is 3.23. The molecule has 0 aliphatic heterocycles. The fourth-order valence-corrected chi connectivity index (χ4v) is 4.67. The van der Waals surface area contributed by atoms with Crippen molar-refractivity contribution in [1.82, 2.24) is 4.98 Å². The summed E-state index contributed by atoms with van der Waals surface area (Å²) in [6.07, 6.45) is 0. The number of para-hydroxylation sites is 1. The number of thioether (sulfide) groups is 1. The molecule has 0 fully saturated rings. The maximum absolute atomic E-state index is 12.4. The first-order valence-electron chi connectivity index (χ1n) is 10.6. The van der Waals surface area contributed by atoms with Crippen LogP contribution in [0.3, 0.4) is 0 Å². The molecule has 0 saturated carbocycles. The highest BCUT2D eigenvalue weighted by molar-refractivity contribution is 8.00. The van der Waals surface area contributed by atoms with E-state index in [1.807, 2.05) is 67.6 Å². The van der Waals surface area contributed by atoms with Crippen molar-refractivity contribution in [2.24, 2.45) is 0 Å². The first kappa shape index (κ1) is 23.5. The Bertz CT molecular complexity index is 1240. The number of thiazole rings is 1. The van der Waals surface area contributed by atoms with Crippen LogP contribution in [-0.2, 0) is 9.59 Å². The summed E-state index contributed by atoms with van der Waals surface area (Å²) in [6, 6.07) is 26.4. The predicted molar refractivity (Wildman–Crippen MR) is 139 cm³/mol. The third-order valence-electron chi connectivity index (χ3n) is 4.71. The van der Waals surface area contributed by atoms with Crippen molar-refractivity contribution in [2.75, 3.05) is 23.0 Å². The number of benzene rings is 3. The van der Waals surface area contributed by atoms with Gasteiger partial charge in [0.15, 0.2) is 11.7 Å². The van der Waals surface area contributed by atoms with E-state index >= 15 is 0 Å². The van der Waals surface area contributed by atoms with Gasteiger partial charge >= 0.3 is 0 Å². The maximum Gasteiger partial charge on any atom is 0.262 e. The molecule has 0 saturated heterocycles. The third kappa shape index (κ3) is 6.69. The van der Waals surface area contributed by atoms with Crippen molar-refractivity contribution in [2.45, 2.75) is 11.8 Å². The lowest BCUT2D eigenvalue weighted by Crippen LogP contribution is -2.20. The van der Waals surface area contributed by atoms with Crippen LogP contribution in [0.2, 0.25) is 0 Å². The summed E-state index contributed by atoms with van der Waals surface area (Å²) >= 11 is 2.88. The van der Waals surface area contributed by atoms with E-state index in [4.69, 9.17) is 4.74 Å². The quantitative estimate of drug-likeness (QED) is 0.288. The number of nitrogens with one attached hydrogen (secondary N) is 2. The van der Waals surface area contributed by atoms with E-state index in [9.17, 15) is 9.59 Å². The monoisotopic (exact) mass is 489 g/mol. The van der Waals surface area contributed by atoms with E-state index in [1.165, 1.54) is 23.1 Å². The minimum Gasteiger partial charge on any atom is -0.484 e. The number of carbonyl (C=O) groups is 2. The minimum absolute atomic E-state index is 0.0666. The smallest absolute Gasteiger partial charge is 0.262 e. The molecule has 2 N–H and O–H groups in total. The molecular weight excluding hydrogens is 466 g/mol. The maximum atomic E-state index is 12.4. The van der Waals surface area contributed by atoms with Crippen molar-refractivity contribution in [3.05, 3.63) is 89.8 Å². The molecule has 0 aliphatic rings. The van der Waals surface area contributed by atoms with Crippen molar-refractivity contribution >= 4 is 45.7 Å². The van der Waals surface area contributed by atoms with Gasteiger partial charge in [0.1, 0.15) is 5.75 Å². The summed E-state index contributed by atoms with van der Waals surface area (Å²) in [5.41, 5.74) is 2.59. The Morgan fingerprint density at radius 2 is 1.56 bits per heavy atom. The second-order valence-corrected chi connectivity index (χ2v) is 9.55. The molecule has 1 aromatic heterocycles. The van der Waals surface area contributed by atoms with Crippen LogP contribution in [-0.4, -0.2) is 29.2 Å². The largest absolute Gasteiger partial charge is 0.484 e. The fraction of sp³-hybridized carbons (Fsp3) is 0.115. The molecule has 0 unspecified atom stereocenters. The Hall–Kier alpha value is -3.62. The standard InChI is InChI=1S/C26H23N3O3S2/c1-18-25(19-8-4-2-5-9-19)29-26(34-18)28-24(31)17-33-22-14-12-20(13-15-22)27-23(30)16-32-21-10-6-3-7-11-21/h2-15H,16-17H2,1H3,(H,27,30)(H,28,29,31). The molecular formula is C26H23N3O3S2.